The lowest BCUT2D eigenvalue weighted by Gasteiger charge is -2.19. The topological polar surface area (TPSA) is 61.2 Å². The number of nitrogens with zero attached hydrogens (tertiary/aromatic N) is 3. The van der Waals surface area contributed by atoms with Crippen LogP contribution in [0.2, 0.25) is 5.02 Å². The van der Waals surface area contributed by atoms with E-state index in [9.17, 15) is 17.7 Å². The van der Waals surface area contributed by atoms with E-state index in [-0.39, 0.29) is 17.1 Å². The van der Waals surface area contributed by atoms with E-state index in [0.29, 0.717) is 5.02 Å². The average molecular weight is 390 g/mol. The third-order valence-electron chi connectivity index (χ3n) is 2.95. The van der Waals surface area contributed by atoms with Crippen molar-refractivity contribution in [3.8, 4) is 0 Å². The molecule has 0 spiro atoms. The summed E-state index contributed by atoms with van der Waals surface area (Å²) in [6, 6.07) is 6.45. The molecule has 0 amide bonds. The first-order chi connectivity index (χ1) is 11.5. The highest BCUT2D eigenvalue weighted by molar-refractivity contribution is 7.91. The van der Waals surface area contributed by atoms with E-state index >= 15 is 0 Å². The van der Waals surface area contributed by atoms with Gasteiger partial charge in [0, 0.05) is 6.20 Å². The van der Waals surface area contributed by atoms with Crippen LogP contribution < -0.4 is 0 Å². The van der Waals surface area contributed by atoms with Gasteiger partial charge in [0.05, 0.1) is 16.4 Å². The lowest BCUT2D eigenvalue weighted by atomic mass is 10.1. The lowest BCUT2D eigenvalue weighted by Crippen LogP contribution is -2.27. The molecule has 0 N–H and O–H groups in total. The Morgan fingerprint density at radius 2 is 1.80 bits per heavy atom. The molecule has 1 unspecified atom stereocenters. The summed E-state index contributed by atoms with van der Waals surface area (Å²) in [5.41, 5.74) is -0.889. The van der Waals surface area contributed by atoms with Crippen LogP contribution in [0.1, 0.15) is 37.9 Å². The van der Waals surface area contributed by atoms with Gasteiger partial charge in [-0.1, -0.05) is 22.1 Å². The normalized spacial score (nSPS) is 14.5. The molecular weight excluding hydrogens is 375 g/mol. The molecule has 2 aromatic rings. The molecule has 0 radical (unpaired) electrons. The molecule has 4 nitrogen and oxygen atoms in total. The number of rotatable bonds is 3. The standard InChI is InChI=1S/C16H15ClF3N3OS/c1-15(2,3)25(24)23-14(11-8-7-10(17)9-21-11)12-5-4-6-13(22-12)16(18,19)20/h4-9H,1-3H3/b23-14+. The molecule has 0 aromatic carbocycles. The number of aromatic nitrogens is 2. The van der Waals surface area contributed by atoms with Gasteiger partial charge in [0.1, 0.15) is 21.8 Å². The molecule has 0 aliphatic rings. The molecule has 134 valence electrons. The van der Waals surface area contributed by atoms with E-state index in [1.165, 1.54) is 30.5 Å². The van der Waals surface area contributed by atoms with Gasteiger partial charge >= 0.3 is 6.18 Å². The predicted molar refractivity (Wildman–Crippen MR) is 92.0 cm³/mol. The fourth-order valence-electron chi connectivity index (χ4n) is 1.68. The molecule has 0 aliphatic heterocycles. The minimum Gasteiger partial charge on any atom is -0.591 e. The van der Waals surface area contributed by atoms with Crippen LogP contribution in [0, 0.1) is 0 Å². The maximum absolute atomic E-state index is 12.9. The Balaban J connectivity index is 2.60. The van der Waals surface area contributed by atoms with Crippen LogP contribution in [0.5, 0.6) is 0 Å². The van der Waals surface area contributed by atoms with E-state index in [2.05, 4.69) is 14.4 Å². The minimum absolute atomic E-state index is 0.0102. The molecule has 1 atom stereocenters. The first-order valence-electron chi connectivity index (χ1n) is 7.16. The third-order valence-corrected chi connectivity index (χ3v) is 4.57. The van der Waals surface area contributed by atoms with Crippen molar-refractivity contribution in [2.45, 2.75) is 31.7 Å². The van der Waals surface area contributed by atoms with E-state index < -0.39 is 28.0 Å². The van der Waals surface area contributed by atoms with Gasteiger partial charge in [0.15, 0.2) is 5.71 Å². The third kappa shape index (κ3) is 5.17. The van der Waals surface area contributed by atoms with Crippen LogP contribution in [-0.2, 0) is 17.5 Å². The van der Waals surface area contributed by atoms with Gasteiger partial charge in [-0.15, -0.1) is 0 Å². The summed E-state index contributed by atoms with van der Waals surface area (Å²) in [6.45, 7) is 5.12. The number of alkyl halides is 3. The van der Waals surface area contributed by atoms with Crippen molar-refractivity contribution < 1.29 is 17.7 Å². The Hall–Kier alpha value is -1.64. The average Bonchev–Trinajstić information content (AvgIpc) is 2.52. The Morgan fingerprint density at radius 3 is 2.32 bits per heavy atom. The van der Waals surface area contributed by atoms with Gasteiger partial charge in [-0.05, 0) is 45.0 Å². The summed E-state index contributed by atoms with van der Waals surface area (Å²) in [4.78, 5) is 7.68. The summed E-state index contributed by atoms with van der Waals surface area (Å²) in [5, 5.41) is 0.358. The molecular formula is C16H15ClF3N3OS. The monoisotopic (exact) mass is 389 g/mol. The highest BCUT2D eigenvalue weighted by Gasteiger charge is 2.34. The highest BCUT2D eigenvalue weighted by Crippen LogP contribution is 2.28. The van der Waals surface area contributed by atoms with Crippen molar-refractivity contribution in [1.29, 1.82) is 0 Å². The largest absolute Gasteiger partial charge is 0.591 e. The van der Waals surface area contributed by atoms with Crippen LogP contribution >= 0.6 is 11.6 Å². The fourth-order valence-corrected chi connectivity index (χ4v) is 2.42. The SMILES string of the molecule is CC(C)(C)[S+]([O-])/N=C(\c1ccc(Cl)cn1)c1cccc(C(F)(F)F)n1. The van der Waals surface area contributed by atoms with Gasteiger partial charge in [0.2, 0.25) is 0 Å². The van der Waals surface area contributed by atoms with Gasteiger partial charge in [0.25, 0.3) is 0 Å². The van der Waals surface area contributed by atoms with Crippen molar-refractivity contribution in [3.05, 3.63) is 58.6 Å². The van der Waals surface area contributed by atoms with Crippen LogP contribution in [0.15, 0.2) is 40.9 Å². The molecule has 0 bridgehead atoms. The zero-order valence-electron chi connectivity index (χ0n) is 13.6. The predicted octanol–water partition coefficient (Wildman–Crippen LogP) is 4.45. The second kappa shape index (κ2) is 7.31. The molecule has 0 fully saturated rings. The molecule has 0 saturated carbocycles. The van der Waals surface area contributed by atoms with E-state index in [1.54, 1.807) is 20.8 Å². The Morgan fingerprint density at radius 1 is 1.12 bits per heavy atom. The zero-order valence-corrected chi connectivity index (χ0v) is 15.2. The van der Waals surface area contributed by atoms with Crippen LogP contribution in [0.4, 0.5) is 13.2 Å². The summed E-state index contributed by atoms with van der Waals surface area (Å²) in [6.07, 6.45) is -3.27. The number of halogens is 4. The maximum atomic E-state index is 12.9. The highest BCUT2D eigenvalue weighted by atomic mass is 35.5. The minimum atomic E-state index is -4.60. The van der Waals surface area contributed by atoms with Crippen LogP contribution in [0.3, 0.4) is 0 Å². The smallest absolute Gasteiger partial charge is 0.433 e. The number of hydrogen-bond donors (Lipinski definition) is 0. The summed E-state index contributed by atoms with van der Waals surface area (Å²) < 4.78 is 54.6. The van der Waals surface area contributed by atoms with Crippen LogP contribution in [0.25, 0.3) is 0 Å². The first kappa shape index (κ1) is 19.7. The van der Waals surface area contributed by atoms with E-state index in [0.717, 1.165) is 6.07 Å². The lowest BCUT2D eigenvalue weighted by molar-refractivity contribution is -0.141. The maximum Gasteiger partial charge on any atom is 0.433 e. The van der Waals surface area contributed by atoms with Gasteiger partial charge in [-0.25, -0.2) is 4.98 Å². The Labute approximate surface area is 151 Å². The molecule has 9 heteroatoms. The van der Waals surface area contributed by atoms with Crippen molar-refractivity contribution in [1.82, 2.24) is 9.97 Å². The number of hydrogen-bond acceptors (Lipinski definition) is 4. The first-order valence-corrected chi connectivity index (χ1v) is 8.64. The molecule has 2 heterocycles. The summed E-state index contributed by atoms with van der Waals surface area (Å²) in [7, 11) is 0. The van der Waals surface area contributed by atoms with Crippen molar-refractivity contribution >= 4 is 28.7 Å². The van der Waals surface area contributed by atoms with Gasteiger partial charge < -0.3 is 4.55 Å². The molecule has 0 aliphatic carbocycles. The molecule has 2 aromatic heterocycles. The van der Waals surface area contributed by atoms with Gasteiger partial charge in [-0.3, -0.25) is 4.98 Å². The van der Waals surface area contributed by atoms with Gasteiger partial charge in [-0.2, -0.15) is 13.2 Å². The van der Waals surface area contributed by atoms with Crippen molar-refractivity contribution in [3.63, 3.8) is 0 Å². The Kier molecular flexibility index (Phi) is 5.75. The second-order valence-electron chi connectivity index (χ2n) is 6.07. The van der Waals surface area contributed by atoms with Crippen molar-refractivity contribution in [2.24, 2.45) is 4.40 Å². The molecule has 2 rings (SSSR count). The number of pyridine rings is 2. The second-order valence-corrected chi connectivity index (χ2v) is 8.41. The summed E-state index contributed by atoms with van der Waals surface area (Å²) in [5.74, 6) is 0. The van der Waals surface area contributed by atoms with Crippen molar-refractivity contribution in [2.75, 3.05) is 0 Å². The summed E-state index contributed by atoms with van der Waals surface area (Å²) >= 11 is 4.09. The molecule has 0 saturated heterocycles. The van der Waals surface area contributed by atoms with E-state index in [4.69, 9.17) is 11.6 Å². The zero-order chi connectivity index (χ0) is 18.8. The molecule has 25 heavy (non-hydrogen) atoms. The van der Waals surface area contributed by atoms with E-state index in [1.807, 2.05) is 0 Å². The van der Waals surface area contributed by atoms with Crippen LogP contribution in [-0.4, -0.2) is 25.0 Å². The fraction of sp³-hybridized carbons (Fsp3) is 0.312. The quantitative estimate of drug-likeness (QED) is 0.575. The Bertz CT molecular complexity index is 773.